The minimum Gasteiger partial charge on any atom is -0.459 e. The molecule has 0 bridgehead atoms. The van der Waals surface area contributed by atoms with Crippen molar-refractivity contribution in [3.05, 3.63) is 22.8 Å². The fourth-order valence-electron chi connectivity index (χ4n) is 2.43. The van der Waals surface area contributed by atoms with E-state index in [9.17, 15) is 15.2 Å². The van der Waals surface area contributed by atoms with Crippen molar-refractivity contribution in [2.75, 3.05) is 26.9 Å². The molecule has 2 N–H and O–H groups in total. The number of hydrogen-bond acceptors (Lipinski definition) is 6. The third-order valence-corrected chi connectivity index (χ3v) is 3.67. The molecule has 0 saturated carbocycles. The van der Waals surface area contributed by atoms with Crippen molar-refractivity contribution < 1.29 is 24.5 Å². The molecule has 1 aliphatic rings. The minimum atomic E-state index is -1.12. The number of carbonyl (C=O) groups excluding carboxylic acids is 1. The minimum absolute atomic E-state index is 0.00997. The van der Waals surface area contributed by atoms with E-state index in [4.69, 9.17) is 14.6 Å². The summed E-state index contributed by atoms with van der Waals surface area (Å²) in [6, 6.07) is 1.91. The fourth-order valence-corrected chi connectivity index (χ4v) is 2.43. The first-order chi connectivity index (χ1) is 11.1. The number of nitriles is 1. The van der Waals surface area contributed by atoms with E-state index in [0.29, 0.717) is 12.0 Å². The third kappa shape index (κ3) is 6.95. The molecule has 23 heavy (non-hydrogen) atoms. The largest absolute Gasteiger partial charge is 0.459 e. The van der Waals surface area contributed by atoms with Crippen molar-refractivity contribution in [2.45, 2.75) is 44.6 Å². The smallest absolute Gasteiger partial charge is 0.349 e. The number of ether oxygens (including phenoxy) is 2. The summed E-state index contributed by atoms with van der Waals surface area (Å²) < 4.78 is 9.90. The van der Waals surface area contributed by atoms with Gasteiger partial charge < -0.3 is 19.7 Å². The van der Waals surface area contributed by atoms with Gasteiger partial charge in [0, 0.05) is 13.7 Å². The number of aliphatic hydroxyl groups is 2. The number of aliphatic hydroxyl groups excluding tert-OH is 2. The predicted molar refractivity (Wildman–Crippen MR) is 84.4 cm³/mol. The fraction of sp³-hybridized carbons (Fsp3) is 0.647. The maximum absolute atomic E-state index is 12.0. The molecule has 6 nitrogen and oxygen atoms in total. The SMILES string of the molecule is COCCCCC1=C/C(=C(/C#N)C(=O)OCC(O)CO)CCC1. The van der Waals surface area contributed by atoms with E-state index in [1.165, 1.54) is 5.57 Å². The van der Waals surface area contributed by atoms with Crippen LogP contribution in [0.5, 0.6) is 0 Å². The molecule has 0 fully saturated rings. The number of carbonyl (C=O) groups is 1. The van der Waals surface area contributed by atoms with Gasteiger partial charge in [0.2, 0.25) is 0 Å². The molecule has 0 saturated heterocycles. The average molecular weight is 323 g/mol. The highest BCUT2D eigenvalue weighted by atomic mass is 16.5. The van der Waals surface area contributed by atoms with Crippen molar-refractivity contribution in [1.29, 1.82) is 5.26 Å². The molecule has 128 valence electrons. The average Bonchev–Trinajstić information content (AvgIpc) is 2.57. The van der Waals surface area contributed by atoms with E-state index in [-0.39, 0.29) is 12.2 Å². The van der Waals surface area contributed by atoms with Gasteiger partial charge in [-0.3, -0.25) is 0 Å². The summed E-state index contributed by atoms with van der Waals surface area (Å²) in [6.07, 6.45) is 6.30. The van der Waals surface area contributed by atoms with Crippen molar-refractivity contribution in [2.24, 2.45) is 0 Å². The molecule has 0 aromatic carbocycles. The summed E-state index contributed by atoms with van der Waals surface area (Å²) in [7, 11) is 1.68. The van der Waals surface area contributed by atoms with Crippen molar-refractivity contribution in [3.63, 3.8) is 0 Å². The van der Waals surface area contributed by atoms with Gasteiger partial charge in [-0.05, 0) is 44.1 Å². The number of hydrogen-bond donors (Lipinski definition) is 2. The molecular weight excluding hydrogens is 298 g/mol. The zero-order valence-corrected chi connectivity index (χ0v) is 13.6. The standard InChI is InChI=1S/C17H25NO5/c1-22-8-3-2-5-13-6-4-7-14(9-13)16(10-18)17(21)23-12-15(20)11-19/h9,15,19-20H,2-8,11-12H2,1H3/b16-14-. The summed E-state index contributed by atoms with van der Waals surface area (Å²) in [5.74, 6) is -0.744. The number of methoxy groups -OCH3 is 1. The van der Waals surface area contributed by atoms with Gasteiger partial charge in [-0.25, -0.2) is 4.79 Å². The summed E-state index contributed by atoms with van der Waals surface area (Å²) in [5, 5.41) is 27.2. The molecule has 0 aromatic heterocycles. The van der Waals surface area contributed by atoms with Crippen LogP contribution in [0.15, 0.2) is 22.8 Å². The Kier molecular flexibility index (Phi) is 9.22. The Morgan fingerprint density at radius 2 is 2.22 bits per heavy atom. The van der Waals surface area contributed by atoms with Crippen LogP contribution in [0.1, 0.15) is 38.5 Å². The van der Waals surface area contributed by atoms with E-state index in [0.717, 1.165) is 38.7 Å². The highest BCUT2D eigenvalue weighted by Gasteiger charge is 2.19. The third-order valence-electron chi connectivity index (χ3n) is 3.67. The summed E-state index contributed by atoms with van der Waals surface area (Å²) in [4.78, 5) is 12.0. The predicted octanol–water partition coefficient (Wildman–Crippen LogP) is 1.63. The molecule has 0 spiro atoms. The quantitative estimate of drug-likeness (QED) is 0.289. The highest BCUT2D eigenvalue weighted by Crippen LogP contribution is 2.28. The van der Waals surface area contributed by atoms with Crippen LogP contribution < -0.4 is 0 Å². The first kappa shape index (κ1) is 19.4. The molecule has 0 aromatic rings. The Bertz CT molecular complexity index is 490. The Balaban J connectivity index is 2.71. The second-order valence-corrected chi connectivity index (χ2v) is 5.55. The number of unbranched alkanes of at least 4 members (excludes halogenated alkanes) is 1. The molecule has 1 rings (SSSR count). The lowest BCUT2D eigenvalue weighted by atomic mass is 9.90. The van der Waals surface area contributed by atoms with Crippen LogP contribution in [0.3, 0.4) is 0 Å². The Hall–Kier alpha value is -1.68. The van der Waals surface area contributed by atoms with Crippen molar-refractivity contribution in [1.82, 2.24) is 0 Å². The number of rotatable bonds is 9. The van der Waals surface area contributed by atoms with Gasteiger partial charge in [-0.15, -0.1) is 0 Å². The first-order valence-electron chi connectivity index (χ1n) is 7.90. The zero-order chi connectivity index (χ0) is 17.1. The maximum Gasteiger partial charge on any atom is 0.349 e. The second-order valence-electron chi connectivity index (χ2n) is 5.55. The van der Waals surface area contributed by atoms with E-state index in [2.05, 4.69) is 0 Å². The lowest BCUT2D eigenvalue weighted by Gasteiger charge is -2.17. The van der Waals surface area contributed by atoms with E-state index >= 15 is 0 Å². The van der Waals surface area contributed by atoms with Gasteiger partial charge in [0.25, 0.3) is 0 Å². The molecule has 0 aliphatic heterocycles. The summed E-state index contributed by atoms with van der Waals surface area (Å²) in [5.41, 5.74) is 1.92. The maximum atomic E-state index is 12.0. The zero-order valence-electron chi connectivity index (χ0n) is 13.6. The monoisotopic (exact) mass is 323 g/mol. The van der Waals surface area contributed by atoms with Gasteiger partial charge in [0.15, 0.2) is 0 Å². The molecule has 0 radical (unpaired) electrons. The van der Waals surface area contributed by atoms with Gasteiger partial charge in [0.1, 0.15) is 24.4 Å². The van der Waals surface area contributed by atoms with Gasteiger partial charge >= 0.3 is 5.97 Å². The lowest BCUT2D eigenvalue weighted by Crippen LogP contribution is -2.23. The number of allylic oxidation sites excluding steroid dienone is 3. The summed E-state index contributed by atoms with van der Waals surface area (Å²) in [6.45, 7) is -0.0718. The molecular formula is C17H25NO5. The van der Waals surface area contributed by atoms with E-state index < -0.39 is 18.7 Å². The topological polar surface area (TPSA) is 99.8 Å². The van der Waals surface area contributed by atoms with Crippen LogP contribution in [0.2, 0.25) is 0 Å². The van der Waals surface area contributed by atoms with Crippen molar-refractivity contribution in [3.8, 4) is 6.07 Å². The van der Waals surface area contributed by atoms with Crippen LogP contribution in [0, 0.1) is 11.3 Å². The Morgan fingerprint density at radius 1 is 1.43 bits per heavy atom. The molecule has 1 unspecified atom stereocenters. The van der Waals surface area contributed by atoms with Crippen LogP contribution in [0.25, 0.3) is 0 Å². The second kappa shape index (κ2) is 10.9. The van der Waals surface area contributed by atoms with Crippen LogP contribution >= 0.6 is 0 Å². The summed E-state index contributed by atoms with van der Waals surface area (Å²) >= 11 is 0. The van der Waals surface area contributed by atoms with Gasteiger partial charge in [-0.2, -0.15) is 5.26 Å². The number of esters is 1. The van der Waals surface area contributed by atoms with Crippen LogP contribution in [0.4, 0.5) is 0 Å². The van der Waals surface area contributed by atoms with Crippen LogP contribution in [-0.2, 0) is 14.3 Å². The van der Waals surface area contributed by atoms with E-state index in [1.54, 1.807) is 7.11 Å². The normalized spacial score (nSPS) is 17.9. The Labute approximate surface area is 137 Å². The van der Waals surface area contributed by atoms with Crippen LogP contribution in [-0.4, -0.2) is 49.2 Å². The Morgan fingerprint density at radius 3 is 2.87 bits per heavy atom. The number of nitrogens with zero attached hydrogens (tertiary/aromatic N) is 1. The molecule has 6 heteroatoms. The molecule has 0 amide bonds. The van der Waals surface area contributed by atoms with Gasteiger partial charge in [0.05, 0.1) is 6.61 Å². The molecule has 0 heterocycles. The van der Waals surface area contributed by atoms with Crippen molar-refractivity contribution >= 4 is 5.97 Å². The lowest BCUT2D eigenvalue weighted by molar-refractivity contribution is -0.142. The highest BCUT2D eigenvalue weighted by molar-refractivity contribution is 5.94. The molecule has 1 atom stereocenters. The molecule has 1 aliphatic carbocycles. The first-order valence-corrected chi connectivity index (χ1v) is 7.90. The van der Waals surface area contributed by atoms with Gasteiger partial charge in [-0.1, -0.05) is 11.6 Å². The van der Waals surface area contributed by atoms with E-state index in [1.807, 2.05) is 12.1 Å².